The van der Waals surface area contributed by atoms with Crippen LogP contribution in [0.1, 0.15) is 46.6 Å². The number of aliphatic carboxylic acids is 1. The number of carboxylic acids is 1. The van der Waals surface area contributed by atoms with Crippen molar-refractivity contribution in [3.05, 3.63) is 36.0 Å². The first-order valence-electron chi connectivity index (χ1n) is 11.9. The summed E-state index contributed by atoms with van der Waals surface area (Å²) in [6.07, 6.45) is 2.51. The van der Waals surface area contributed by atoms with Gasteiger partial charge in [0.1, 0.15) is 18.1 Å². The van der Waals surface area contributed by atoms with Gasteiger partial charge in [0, 0.05) is 23.5 Å². The SMILES string of the molecule is CCC(C)C(N)C(=O)NC(C)C(=O)NC(C(=O)NC(Cc1c[nH]c2ccccc12)C(=O)O)C(C)C. The highest BCUT2D eigenvalue weighted by Crippen LogP contribution is 2.19. The Morgan fingerprint density at radius 2 is 1.63 bits per heavy atom. The van der Waals surface area contributed by atoms with E-state index in [0.717, 1.165) is 16.5 Å². The quantitative estimate of drug-likeness (QED) is 0.264. The maximum Gasteiger partial charge on any atom is 0.326 e. The Bertz CT molecular complexity index is 1050. The van der Waals surface area contributed by atoms with E-state index < -0.39 is 47.9 Å². The Balaban J connectivity index is 2.06. The van der Waals surface area contributed by atoms with Crippen molar-refractivity contribution in [3.8, 4) is 0 Å². The Morgan fingerprint density at radius 1 is 0.971 bits per heavy atom. The average Bonchev–Trinajstić information content (AvgIpc) is 3.23. The molecule has 35 heavy (non-hydrogen) atoms. The number of carbonyl (C=O) groups excluding carboxylic acids is 3. The molecule has 5 unspecified atom stereocenters. The van der Waals surface area contributed by atoms with Crippen LogP contribution in [0.5, 0.6) is 0 Å². The zero-order valence-electron chi connectivity index (χ0n) is 20.9. The van der Waals surface area contributed by atoms with Gasteiger partial charge in [0.25, 0.3) is 0 Å². The van der Waals surface area contributed by atoms with Gasteiger partial charge in [-0.15, -0.1) is 0 Å². The van der Waals surface area contributed by atoms with E-state index in [4.69, 9.17) is 5.73 Å². The number of carboxylic acid groups (broad SMARTS) is 1. The van der Waals surface area contributed by atoms with E-state index in [1.54, 1.807) is 20.0 Å². The molecule has 192 valence electrons. The lowest BCUT2D eigenvalue weighted by Crippen LogP contribution is -2.58. The van der Waals surface area contributed by atoms with Crippen LogP contribution >= 0.6 is 0 Å². The molecule has 0 bridgehead atoms. The molecule has 5 atom stereocenters. The van der Waals surface area contributed by atoms with Crippen LogP contribution in [-0.4, -0.2) is 57.9 Å². The summed E-state index contributed by atoms with van der Waals surface area (Å²) in [5, 5.41) is 18.4. The molecule has 1 aromatic carbocycles. The number of hydrogen-bond acceptors (Lipinski definition) is 5. The van der Waals surface area contributed by atoms with Crippen LogP contribution in [-0.2, 0) is 25.6 Å². The van der Waals surface area contributed by atoms with Crippen LogP contribution in [0.25, 0.3) is 10.9 Å². The zero-order chi connectivity index (χ0) is 26.3. The summed E-state index contributed by atoms with van der Waals surface area (Å²) in [7, 11) is 0. The molecule has 0 fully saturated rings. The molecule has 0 saturated heterocycles. The normalized spacial score (nSPS) is 15.6. The second-order valence-electron chi connectivity index (χ2n) is 9.33. The summed E-state index contributed by atoms with van der Waals surface area (Å²) in [6.45, 7) is 8.75. The third-order valence-corrected chi connectivity index (χ3v) is 6.27. The number of para-hydroxylation sites is 1. The number of aromatic amines is 1. The molecule has 1 aromatic heterocycles. The fourth-order valence-electron chi connectivity index (χ4n) is 3.68. The highest BCUT2D eigenvalue weighted by Gasteiger charge is 2.31. The van der Waals surface area contributed by atoms with E-state index >= 15 is 0 Å². The zero-order valence-corrected chi connectivity index (χ0v) is 20.9. The largest absolute Gasteiger partial charge is 0.480 e. The van der Waals surface area contributed by atoms with Crippen molar-refractivity contribution in [1.82, 2.24) is 20.9 Å². The Morgan fingerprint density at radius 3 is 2.23 bits per heavy atom. The van der Waals surface area contributed by atoms with Gasteiger partial charge < -0.3 is 31.8 Å². The van der Waals surface area contributed by atoms with E-state index in [2.05, 4.69) is 20.9 Å². The topological polar surface area (TPSA) is 166 Å². The molecule has 7 N–H and O–H groups in total. The third-order valence-electron chi connectivity index (χ3n) is 6.27. The lowest BCUT2D eigenvalue weighted by Gasteiger charge is -2.26. The molecule has 1 heterocycles. The van der Waals surface area contributed by atoms with Gasteiger partial charge in [0.05, 0.1) is 6.04 Å². The summed E-state index contributed by atoms with van der Waals surface area (Å²) >= 11 is 0. The van der Waals surface area contributed by atoms with E-state index in [-0.39, 0.29) is 18.3 Å². The number of aromatic nitrogens is 1. The van der Waals surface area contributed by atoms with Crippen molar-refractivity contribution in [2.24, 2.45) is 17.6 Å². The number of hydrogen-bond donors (Lipinski definition) is 6. The molecule has 10 nitrogen and oxygen atoms in total. The van der Waals surface area contributed by atoms with Crippen LogP contribution in [0.15, 0.2) is 30.5 Å². The van der Waals surface area contributed by atoms with Crippen molar-refractivity contribution in [3.63, 3.8) is 0 Å². The molecular formula is C25H37N5O5. The number of carbonyl (C=O) groups is 4. The average molecular weight is 488 g/mol. The Kier molecular flexibility index (Phi) is 9.82. The number of amides is 3. The second-order valence-corrected chi connectivity index (χ2v) is 9.33. The van der Waals surface area contributed by atoms with E-state index in [9.17, 15) is 24.3 Å². The molecule has 2 rings (SSSR count). The minimum absolute atomic E-state index is 0.0513. The number of nitrogens with one attached hydrogen (secondary N) is 4. The summed E-state index contributed by atoms with van der Waals surface area (Å²) < 4.78 is 0. The van der Waals surface area contributed by atoms with Gasteiger partial charge in [-0.25, -0.2) is 4.79 Å². The maximum atomic E-state index is 13.0. The minimum atomic E-state index is -1.19. The number of rotatable bonds is 12. The van der Waals surface area contributed by atoms with Crippen molar-refractivity contribution in [1.29, 1.82) is 0 Å². The van der Waals surface area contributed by atoms with Crippen LogP contribution in [0.4, 0.5) is 0 Å². The van der Waals surface area contributed by atoms with Crippen LogP contribution in [0.3, 0.4) is 0 Å². The first kappa shape index (κ1) is 27.8. The highest BCUT2D eigenvalue weighted by atomic mass is 16.4. The lowest BCUT2D eigenvalue weighted by atomic mass is 9.99. The van der Waals surface area contributed by atoms with Gasteiger partial charge in [-0.05, 0) is 30.4 Å². The summed E-state index contributed by atoms with van der Waals surface area (Å²) in [6, 6.07) is 3.63. The van der Waals surface area contributed by atoms with Gasteiger partial charge in [-0.3, -0.25) is 14.4 Å². The Hall–Kier alpha value is -3.40. The predicted octanol–water partition coefficient (Wildman–Crippen LogP) is 1.30. The molecular weight excluding hydrogens is 450 g/mol. The highest BCUT2D eigenvalue weighted by molar-refractivity contribution is 5.94. The smallest absolute Gasteiger partial charge is 0.326 e. The van der Waals surface area contributed by atoms with Gasteiger partial charge in [0.15, 0.2) is 0 Å². The lowest BCUT2D eigenvalue weighted by molar-refractivity contribution is -0.142. The van der Waals surface area contributed by atoms with Crippen LogP contribution < -0.4 is 21.7 Å². The molecule has 10 heteroatoms. The molecule has 0 saturated carbocycles. The van der Waals surface area contributed by atoms with Gasteiger partial charge in [-0.1, -0.05) is 52.3 Å². The van der Waals surface area contributed by atoms with Crippen LogP contribution in [0, 0.1) is 11.8 Å². The molecule has 0 radical (unpaired) electrons. The van der Waals surface area contributed by atoms with Crippen molar-refractivity contribution >= 4 is 34.6 Å². The molecule has 3 amide bonds. The second kappa shape index (κ2) is 12.3. The number of nitrogens with two attached hydrogens (primary N) is 1. The first-order valence-corrected chi connectivity index (χ1v) is 11.9. The number of benzene rings is 1. The van der Waals surface area contributed by atoms with E-state index in [0.29, 0.717) is 6.42 Å². The predicted molar refractivity (Wildman–Crippen MR) is 133 cm³/mol. The third kappa shape index (κ3) is 7.29. The van der Waals surface area contributed by atoms with Crippen molar-refractivity contribution in [2.75, 3.05) is 0 Å². The number of fused-ring (bicyclic) bond motifs is 1. The Labute approximate surface area is 205 Å². The fourth-order valence-corrected chi connectivity index (χ4v) is 3.68. The van der Waals surface area contributed by atoms with Gasteiger partial charge in [0.2, 0.25) is 17.7 Å². The summed E-state index contributed by atoms with van der Waals surface area (Å²) in [5.41, 5.74) is 7.55. The standard InChI is InChI=1S/C25H37N5O5/c1-6-14(4)20(26)23(32)28-15(5)22(31)30-21(13(2)3)24(33)29-19(25(34)35)11-16-12-27-18-10-8-7-9-17(16)18/h7-10,12-15,19-21,27H,6,11,26H2,1-5H3,(H,28,32)(H,29,33)(H,30,31)(H,34,35). The minimum Gasteiger partial charge on any atom is -0.480 e. The fraction of sp³-hybridized carbons (Fsp3) is 0.520. The van der Waals surface area contributed by atoms with Gasteiger partial charge in [-0.2, -0.15) is 0 Å². The molecule has 0 aliphatic heterocycles. The maximum absolute atomic E-state index is 13.0. The molecule has 0 spiro atoms. The monoisotopic (exact) mass is 487 g/mol. The van der Waals surface area contributed by atoms with E-state index in [1.807, 2.05) is 38.1 Å². The molecule has 0 aliphatic carbocycles. The van der Waals surface area contributed by atoms with Crippen LogP contribution in [0.2, 0.25) is 0 Å². The van der Waals surface area contributed by atoms with E-state index in [1.165, 1.54) is 6.92 Å². The van der Waals surface area contributed by atoms with Crippen molar-refractivity contribution < 1.29 is 24.3 Å². The van der Waals surface area contributed by atoms with Gasteiger partial charge >= 0.3 is 5.97 Å². The summed E-state index contributed by atoms with van der Waals surface area (Å²) in [5.74, 6) is -3.19. The first-order chi connectivity index (χ1) is 16.5. The van der Waals surface area contributed by atoms with Crippen molar-refractivity contribution in [2.45, 2.75) is 71.6 Å². The molecule has 2 aromatic rings. The molecule has 0 aliphatic rings. The summed E-state index contributed by atoms with van der Waals surface area (Å²) in [4.78, 5) is 53.0. The number of H-pyrrole nitrogens is 1.